The molecular formula is C14H26ClN3O3S. The molecule has 128 valence electrons. The Morgan fingerprint density at radius 2 is 1.77 bits per heavy atom. The van der Waals surface area contributed by atoms with Crippen molar-refractivity contribution in [2.45, 2.75) is 18.7 Å². The van der Waals surface area contributed by atoms with Crippen molar-refractivity contribution in [3.8, 4) is 5.75 Å². The van der Waals surface area contributed by atoms with Crippen molar-refractivity contribution in [3.05, 3.63) is 24.3 Å². The molecule has 6 nitrogen and oxygen atoms in total. The van der Waals surface area contributed by atoms with Crippen LogP contribution < -0.4 is 15.6 Å². The minimum absolute atomic E-state index is 0. The molecule has 0 aliphatic rings. The van der Waals surface area contributed by atoms with Gasteiger partial charge in [-0.25, -0.2) is 13.6 Å². The van der Waals surface area contributed by atoms with E-state index < -0.39 is 10.0 Å². The van der Waals surface area contributed by atoms with Crippen molar-refractivity contribution >= 4 is 22.4 Å². The molecule has 0 radical (unpaired) electrons. The molecule has 1 rings (SSSR count). The van der Waals surface area contributed by atoms with Gasteiger partial charge in [-0.1, -0.05) is 13.8 Å². The summed E-state index contributed by atoms with van der Waals surface area (Å²) in [6, 6.07) is 6.07. The Kier molecular flexibility index (Phi) is 8.35. The van der Waals surface area contributed by atoms with Crippen LogP contribution in [-0.4, -0.2) is 46.6 Å². The first-order valence-electron chi connectivity index (χ1n) is 6.78. The highest BCUT2D eigenvalue weighted by Crippen LogP contribution is 2.16. The zero-order valence-corrected chi connectivity index (χ0v) is 14.9. The maximum Gasteiger partial charge on any atom is 0.238 e. The molecule has 8 heteroatoms. The molecule has 0 saturated carbocycles. The molecule has 22 heavy (non-hydrogen) atoms. The zero-order chi connectivity index (χ0) is 16.1. The van der Waals surface area contributed by atoms with Crippen LogP contribution in [0.15, 0.2) is 29.2 Å². The van der Waals surface area contributed by atoms with Gasteiger partial charge in [0.15, 0.2) is 0 Å². The Bertz CT molecular complexity index is 547. The fourth-order valence-corrected chi connectivity index (χ4v) is 2.43. The molecule has 0 heterocycles. The molecule has 1 aromatic rings. The Balaban J connectivity index is 0.00000441. The molecule has 0 aromatic heterocycles. The summed E-state index contributed by atoms with van der Waals surface area (Å²) in [5.74, 6) is 0.619. The first-order chi connectivity index (χ1) is 9.64. The largest absolute Gasteiger partial charge is 0.492 e. The molecule has 0 unspecified atom stereocenters. The Hall–Kier alpha value is -0.860. The smallest absolute Gasteiger partial charge is 0.238 e. The predicted molar refractivity (Wildman–Crippen MR) is 90.9 cm³/mol. The monoisotopic (exact) mass is 351 g/mol. The van der Waals surface area contributed by atoms with Crippen LogP contribution in [0.1, 0.15) is 13.8 Å². The third-order valence-corrected chi connectivity index (χ3v) is 4.07. The first-order valence-corrected chi connectivity index (χ1v) is 8.33. The zero-order valence-electron chi connectivity index (χ0n) is 13.3. The van der Waals surface area contributed by atoms with Gasteiger partial charge in [-0.15, -0.1) is 12.4 Å². The molecule has 0 saturated heterocycles. The maximum absolute atomic E-state index is 11.1. The quantitative estimate of drug-likeness (QED) is 0.729. The Labute approximate surface area is 139 Å². The summed E-state index contributed by atoms with van der Waals surface area (Å²) in [7, 11) is -1.63. The van der Waals surface area contributed by atoms with Crippen LogP contribution >= 0.6 is 12.4 Å². The summed E-state index contributed by atoms with van der Waals surface area (Å²) in [6.07, 6.45) is 0. The second-order valence-corrected chi connectivity index (χ2v) is 7.53. The number of hydrogen-bond acceptors (Lipinski definition) is 5. The molecule has 0 aliphatic carbocycles. The minimum atomic E-state index is -3.65. The van der Waals surface area contributed by atoms with E-state index in [1.165, 1.54) is 12.1 Å². The lowest BCUT2D eigenvalue weighted by atomic mass is 9.93. The van der Waals surface area contributed by atoms with Crippen LogP contribution in [0.2, 0.25) is 0 Å². The van der Waals surface area contributed by atoms with Crippen molar-refractivity contribution in [1.29, 1.82) is 0 Å². The van der Waals surface area contributed by atoms with Crippen molar-refractivity contribution in [1.82, 2.24) is 4.90 Å². The van der Waals surface area contributed by atoms with E-state index in [-0.39, 0.29) is 22.7 Å². The lowest BCUT2D eigenvalue weighted by Gasteiger charge is -2.28. The number of hydrogen-bond donors (Lipinski definition) is 2. The second-order valence-electron chi connectivity index (χ2n) is 5.97. The average Bonchev–Trinajstić information content (AvgIpc) is 2.37. The minimum Gasteiger partial charge on any atom is -0.492 e. The van der Waals surface area contributed by atoms with Gasteiger partial charge in [0.25, 0.3) is 0 Å². The van der Waals surface area contributed by atoms with Crippen LogP contribution in [0.3, 0.4) is 0 Å². The van der Waals surface area contributed by atoms with Gasteiger partial charge in [0.05, 0.1) is 4.90 Å². The normalized spacial score (nSPS) is 12.1. The summed E-state index contributed by atoms with van der Waals surface area (Å²) >= 11 is 0. The van der Waals surface area contributed by atoms with Crippen molar-refractivity contribution in [2.75, 3.05) is 33.3 Å². The van der Waals surface area contributed by atoms with E-state index in [1.807, 2.05) is 7.05 Å². The number of halogens is 1. The van der Waals surface area contributed by atoms with E-state index in [0.29, 0.717) is 18.9 Å². The molecule has 0 fully saturated rings. The van der Waals surface area contributed by atoms with Crippen molar-refractivity contribution in [2.24, 2.45) is 16.3 Å². The third-order valence-electron chi connectivity index (χ3n) is 3.14. The van der Waals surface area contributed by atoms with Crippen LogP contribution in [0.5, 0.6) is 5.75 Å². The molecule has 0 bridgehead atoms. The van der Waals surface area contributed by atoms with E-state index in [9.17, 15) is 8.42 Å². The van der Waals surface area contributed by atoms with E-state index >= 15 is 0 Å². The van der Waals surface area contributed by atoms with Crippen LogP contribution in [0, 0.1) is 5.41 Å². The van der Waals surface area contributed by atoms with E-state index in [0.717, 1.165) is 13.1 Å². The highest BCUT2D eigenvalue weighted by Gasteiger charge is 2.17. The first kappa shape index (κ1) is 21.1. The predicted octanol–water partition coefficient (Wildman–Crippen LogP) is 1.05. The van der Waals surface area contributed by atoms with Crippen LogP contribution in [0.4, 0.5) is 0 Å². The van der Waals surface area contributed by atoms with Gasteiger partial charge in [0.1, 0.15) is 12.4 Å². The molecule has 4 N–H and O–H groups in total. The van der Waals surface area contributed by atoms with Gasteiger partial charge in [-0.3, -0.25) is 0 Å². The van der Waals surface area contributed by atoms with Crippen molar-refractivity contribution in [3.63, 3.8) is 0 Å². The SMILES string of the molecule is CN(CCOc1ccc(S(N)(=O)=O)cc1)CC(C)(C)CN.Cl. The summed E-state index contributed by atoms with van der Waals surface area (Å²) in [5, 5.41) is 5.03. The Morgan fingerprint density at radius 1 is 1.23 bits per heavy atom. The van der Waals surface area contributed by atoms with Gasteiger partial charge in [-0.2, -0.15) is 0 Å². The van der Waals surface area contributed by atoms with E-state index in [4.69, 9.17) is 15.6 Å². The number of primary sulfonamides is 1. The summed E-state index contributed by atoms with van der Waals surface area (Å²) < 4.78 is 27.8. The number of likely N-dealkylation sites (N-methyl/N-ethyl adjacent to an activating group) is 1. The van der Waals surface area contributed by atoms with E-state index in [2.05, 4.69) is 18.7 Å². The molecule has 0 aliphatic heterocycles. The number of nitrogens with zero attached hydrogens (tertiary/aromatic N) is 1. The summed E-state index contributed by atoms with van der Waals surface area (Å²) in [5.41, 5.74) is 5.78. The number of sulfonamides is 1. The fraction of sp³-hybridized carbons (Fsp3) is 0.571. The fourth-order valence-electron chi connectivity index (χ4n) is 1.92. The average molecular weight is 352 g/mol. The molecule has 0 atom stereocenters. The second kappa shape index (κ2) is 8.69. The van der Waals surface area contributed by atoms with Crippen LogP contribution in [0.25, 0.3) is 0 Å². The van der Waals surface area contributed by atoms with Crippen LogP contribution in [-0.2, 0) is 10.0 Å². The number of nitrogens with two attached hydrogens (primary N) is 2. The summed E-state index contributed by atoms with van der Waals surface area (Å²) in [4.78, 5) is 2.24. The van der Waals surface area contributed by atoms with Gasteiger partial charge in [0, 0.05) is 13.1 Å². The Morgan fingerprint density at radius 3 is 2.23 bits per heavy atom. The number of ether oxygens (including phenoxy) is 1. The topological polar surface area (TPSA) is 98.6 Å². The van der Waals surface area contributed by atoms with Gasteiger partial charge >= 0.3 is 0 Å². The standard InChI is InChI=1S/C14H25N3O3S.ClH/c1-14(2,10-15)11-17(3)8-9-20-12-4-6-13(7-5-12)21(16,18)19;/h4-7H,8-11,15H2,1-3H3,(H2,16,18,19);1H. The van der Waals surface area contributed by atoms with Gasteiger partial charge in [0.2, 0.25) is 10.0 Å². The molecular weight excluding hydrogens is 326 g/mol. The third kappa shape index (κ3) is 7.42. The highest BCUT2D eigenvalue weighted by molar-refractivity contribution is 7.89. The number of rotatable bonds is 8. The maximum atomic E-state index is 11.1. The molecule has 1 aromatic carbocycles. The molecule has 0 spiro atoms. The lowest BCUT2D eigenvalue weighted by molar-refractivity contribution is 0.181. The van der Waals surface area contributed by atoms with Gasteiger partial charge < -0.3 is 15.4 Å². The van der Waals surface area contributed by atoms with Crippen molar-refractivity contribution < 1.29 is 13.2 Å². The van der Waals surface area contributed by atoms with Gasteiger partial charge in [-0.05, 0) is 43.3 Å². The molecule has 0 amide bonds. The highest BCUT2D eigenvalue weighted by atomic mass is 35.5. The lowest BCUT2D eigenvalue weighted by Crippen LogP contribution is -2.38. The summed E-state index contributed by atoms with van der Waals surface area (Å²) in [6.45, 7) is 7.04. The van der Waals surface area contributed by atoms with E-state index in [1.54, 1.807) is 12.1 Å². The number of benzene rings is 1.